The van der Waals surface area contributed by atoms with Gasteiger partial charge in [0.25, 0.3) is 0 Å². The highest BCUT2D eigenvalue weighted by molar-refractivity contribution is 7.99. The fourth-order valence-electron chi connectivity index (χ4n) is 4.87. The minimum Gasteiger partial charge on any atom is -0.378 e. The zero-order valence-electron chi connectivity index (χ0n) is 22.9. The van der Waals surface area contributed by atoms with Crippen molar-refractivity contribution in [2.45, 2.75) is 58.2 Å². The van der Waals surface area contributed by atoms with Crippen LogP contribution in [0, 0.1) is 22.7 Å². The molecule has 0 radical (unpaired) electrons. The summed E-state index contributed by atoms with van der Waals surface area (Å²) in [5.41, 5.74) is 4.05. The maximum Gasteiger partial charge on any atom is 0.235 e. The molecular formula is C29H36N6OS2. The van der Waals surface area contributed by atoms with E-state index in [1.54, 1.807) is 17.4 Å². The average Bonchev–Trinajstić information content (AvgIpc) is 3.47. The second-order valence-electron chi connectivity index (χ2n) is 10.6. The third-order valence-electron chi connectivity index (χ3n) is 7.63. The molecule has 0 aliphatic heterocycles. The van der Waals surface area contributed by atoms with E-state index in [2.05, 4.69) is 55.0 Å². The Morgan fingerprint density at radius 2 is 2.18 bits per heavy atom. The summed E-state index contributed by atoms with van der Waals surface area (Å²) in [5.74, 6) is 1.35. The lowest BCUT2D eigenvalue weighted by molar-refractivity contribution is -0.113. The van der Waals surface area contributed by atoms with Gasteiger partial charge in [0, 0.05) is 36.8 Å². The highest BCUT2D eigenvalue weighted by atomic mass is 32.2. The second-order valence-corrected chi connectivity index (χ2v) is 12.6. The van der Waals surface area contributed by atoms with Gasteiger partial charge in [-0.3, -0.25) is 9.36 Å². The molecule has 0 spiro atoms. The molecule has 2 heterocycles. The summed E-state index contributed by atoms with van der Waals surface area (Å²) >= 11 is 2.91. The Kier molecular flexibility index (Phi) is 8.64. The molecule has 3 aromatic rings. The van der Waals surface area contributed by atoms with E-state index in [-0.39, 0.29) is 17.1 Å². The Hall–Kier alpha value is -3.09. The monoisotopic (exact) mass is 548 g/mol. The van der Waals surface area contributed by atoms with E-state index in [1.165, 1.54) is 16.6 Å². The lowest BCUT2D eigenvalue weighted by Gasteiger charge is -2.36. The maximum atomic E-state index is 13.0. The fourth-order valence-corrected chi connectivity index (χ4v) is 6.91. The zero-order chi connectivity index (χ0) is 27.4. The number of carbonyl (C=O) groups excluding carboxylic acids is 1. The SMILES string of the molecule is C=CCn1c(SCC(=O)Nc2sc3c(c2C#N)CCC(C(C)(C)CC)C3)nnc1-c1cccc(N(C)C)c1. The molecule has 2 aromatic heterocycles. The van der Waals surface area contributed by atoms with Crippen LogP contribution in [0.4, 0.5) is 10.7 Å². The molecule has 9 heteroatoms. The van der Waals surface area contributed by atoms with Gasteiger partial charge in [-0.15, -0.1) is 28.1 Å². The molecule has 0 saturated heterocycles. The van der Waals surface area contributed by atoms with Crippen LogP contribution in [0.3, 0.4) is 0 Å². The minimum atomic E-state index is -0.153. The molecule has 1 aromatic carbocycles. The number of nitrogens with zero attached hydrogens (tertiary/aromatic N) is 5. The molecule has 0 bridgehead atoms. The van der Waals surface area contributed by atoms with Crippen LogP contribution in [0.2, 0.25) is 0 Å². The molecule has 1 amide bonds. The van der Waals surface area contributed by atoms with Crippen molar-refractivity contribution in [1.29, 1.82) is 5.26 Å². The first-order valence-corrected chi connectivity index (χ1v) is 14.8. The number of hydrogen-bond acceptors (Lipinski definition) is 7. The van der Waals surface area contributed by atoms with Crippen molar-refractivity contribution in [3.63, 3.8) is 0 Å². The number of thioether (sulfide) groups is 1. The molecule has 1 aliphatic rings. The molecule has 1 atom stereocenters. The Labute approximate surface area is 234 Å². The molecule has 1 unspecified atom stereocenters. The first-order valence-electron chi connectivity index (χ1n) is 13.0. The topological polar surface area (TPSA) is 86.8 Å². The minimum absolute atomic E-state index is 0.153. The molecule has 7 nitrogen and oxygen atoms in total. The average molecular weight is 549 g/mol. The first kappa shape index (κ1) is 27.9. The smallest absolute Gasteiger partial charge is 0.235 e. The number of thiophene rings is 1. The fraction of sp³-hybridized carbons (Fsp3) is 0.448. The zero-order valence-corrected chi connectivity index (χ0v) is 24.5. The van der Waals surface area contributed by atoms with Gasteiger partial charge in [0.05, 0.1) is 11.3 Å². The number of hydrogen-bond donors (Lipinski definition) is 1. The van der Waals surface area contributed by atoms with E-state index in [0.29, 0.717) is 28.2 Å². The van der Waals surface area contributed by atoms with E-state index in [0.717, 1.165) is 48.3 Å². The number of fused-ring (bicyclic) bond motifs is 1. The summed E-state index contributed by atoms with van der Waals surface area (Å²) in [6.45, 7) is 11.3. The normalized spacial score (nSPS) is 15.0. The van der Waals surface area contributed by atoms with Crippen LogP contribution in [0.1, 0.15) is 49.6 Å². The van der Waals surface area contributed by atoms with E-state index in [4.69, 9.17) is 0 Å². The van der Waals surface area contributed by atoms with Gasteiger partial charge < -0.3 is 10.2 Å². The van der Waals surface area contributed by atoms with Gasteiger partial charge in [-0.1, -0.05) is 57.2 Å². The number of benzene rings is 1. The van der Waals surface area contributed by atoms with Crippen molar-refractivity contribution in [3.05, 3.63) is 52.9 Å². The standard InChI is InChI=1S/C29H36N6OS2/c1-7-14-35-26(19-10-9-11-21(15-19)34(5)6)32-33-28(35)37-18-25(36)31-27-23(17-30)22-13-12-20(16-24(22)38-27)29(3,4)8-2/h7,9-11,15,20H,1,8,12-14,16,18H2,2-6H3,(H,31,36). The molecule has 38 heavy (non-hydrogen) atoms. The third kappa shape index (κ3) is 5.82. The highest BCUT2D eigenvalue weighted by Gasteiger charge is 2.34. The lowest BCUT2D eigenvalue weighted by atomic mass is 9.69. The molecule has 4 rings (SSSR count). The van der Waals surface area contributed by atoms with Crippen molar-refractivity contribution in [2.24, 2.45) is 11.3 Å². The molecule has 0 saturated carbocycles. The summed E-state index contributed by atoms with van der Waals surface area (Å²) in [4.78, 5) is 16.3. The highest BCUT2D eigenvalue weighted by Crippen LogP contribution is 2.45. The van der Waals surface area contributed by atoms with E-state index in [9.17, 15) is 10.1 Å². The quantitative estimate of drug-likeness (QED) is 0.233. The van der Waals surface area contributed by atoms with Crippen LogP contribution in [-0.4, -0.2) is 40.5 Å². The molecule has 1 aliphatic carbocycles. The number of amides is 1. The summed E-state index contributed by atoms with van der Waals surface area (Å²) in [5, 5.41) is 23.0. The number of carbonyl (C=O) groups is 1. The predicted octanol–water partition coefficient (Wildman–Crippen LogP) is 6.40. The number of nitriles is 1. The summed E-state index contributed by atoms with van der Waals surface area (Å²) in [6, 6.07) is 10.5. The Bertz CT molecular complexity index is 1360. The third-order valence-corrected chi connectivity index (χ3v) is 9.76. The van der Waals surface area contributed by atoms with Crippen LogP contribution in [0.25, 0.3) is 11.4 Å². The van der Waals surface area contributed by atoms with Crippen molar-refractivity contribution in [1.82, 2.24) is 14.8 Å². The largest absolute Gasteiger partial charge is 0.378 e. The number of anilines is 2. The van der Waals surface area contributed by atoms with E-state index < -0.39 is 0 Å². The maximum absolute atomic E-state index is 13.0. The van der Waals surface area contributed by atoms with Gasteiger partial charge in [0.2, 0.25) is 5.91 Å². The Balaban J connectivity index is 1.48. The van der Waals surface area contributed by atoms with Crippen molar-refractivity contribution >= 4 is 39.7 Å². The van der Waals surface area contributed by atoms with Gasteiger partial charge in [0.15, 0.2) is 11.0 Å². The number of rotatable bonds is 10. The molecular weight excluding hydrogens is 512 g/mol. The number of allylic oxidation sites excluding steroid dienone is 1. The van der Waals surface area contributed by atoms with Gasteiger partial charge >= 0.3 is 0 Å². The van der Waals surface area contributed by atoms with Crippen LogP contribution >= 0.6 is 23.1 Å². The molecule has 1 N–H and O–H groups in total. The van der Waals surface area contributed by atoms with Crippen molar-refractivity contribution in [2.75, 3.05) is 30.1 Å². The molecule has 0 fully saturated rings. The van der Waals surface area contributed by atoms with E-state index in [1.807, 2.05) is 41.8 Å². The number of nitrogens with one attached hydrogen (secondary N) is 1. The summed E-state index contributed by atoms with van der Waals surface area (Å²) in [7, 11) is 4.00. The van der Waals surface area contributed by atoms with E-state index >= 15 is 0 Å². The lowest BCUT2D eigenvalue weighted by Crippen LogP contribution is -2.28. The van der Waals surface area contributed by atoms with Gasteiger partial charge in [-0.05, 0) is 48.3 Å². The van der Waals surface area contributed by atoms with Crippen LogP contribution < -0.4 is 10.2 Å². The molecule has 200 valence electrons. The predicted molar refractivity (Wildman–Crippen MR) is 158 cm³/mol. The Morgan fingerprint density at radius 1 is 1.39 bits per heavy atom. The van der Waals surface area contributed by atoms with Crippen molar-refractivity contribution < 1.29 is 4.79 Å². The van der Waals surface area contributed by atoms with Gasteiger partial charge in [0.1, 0.15) is 11.1 Å². The second kappa shape index (κ2) is 11.7. The Morgan fingerprint density at radius 3 is 2.87 bits per heavy atom. The van der Waals surface area contributed by atoms with Crippen molar-refractivity contribution in [3.8, 4) is 17.5 Å². The van der Waals surface area contributed by atoms with Crippen LogP contribution in [0.5, 0.6) is 0 Å². The van der Waals surface area contributed by atoms with Gasteiger partial charge in [-0.25, -0.2) is 0 Å². The van der Waals surface area contributed by atoms with Gasteiger partial charge in [-0.2, -0.15) is 5.26 Å². The first-order chi connectivity index (χ1) is 18.2. The van der Waals surface area contributed by atoms with Crippen LogP contribution in [0.15, 0.2) is 42.1 Å². The van der Waals surface area contributed by atoms with Crippen LogP contribution in [-0.2, 0) is 24.2 Å². The summed E-state index contributed by atoms with van der Waals surface area (Å²) < 4.78 is 1.97. The number of aromatic nitrogens is 3. The summed E-state index contributed by atoms with van der Waals surface area (Å²) in [6.07, 6.45) is 5.89.